The van der Waals surface area contributed by atoms with Crippen LogP contribution < -0.4 is 15.4 Å². The summed E-state index contributed by atoms with van der Waals surface area (Å²) < 4.78 is 34.4. The van der Waals surface area contributed by atoms with Crippen LogP contribution in [-0.4, -0.2) is 69.3 Å². The minimum absolute atomic E-state index is 0. The van der Waals surface area contributed by atoms with Crippen LogP contribution in [-0.2, 0) is 21.3 Å². The molecular formula is C18H35IN6O3S. The fourth-order valence-corrected chi connectivity index (χ4v) is 4.08. The molecule has 0 bridgehead atoms. The first-order chi connectivity index (χ1) is 13.4. The third-order valence-corrected chi connectivity index (χ3v) is 5.98. The van der Waals surface area contributed by atoms with Crippen LogP contribution in [0.15, 0.2) is 11.1 Å². The average molecular weight is 542 g/mol. The topological polar surface area (TPSA) is 110 Å². The number of rotatable bonds is 10. The number of sulfonamides is 1. The van der Waals surface area contributed by atoms with E-state index in [0.717, 1.165) is 56.8 Å². The molecule has 1 atom stereocenters. The Morgan fingerprint density at radius 3 is 2.69 bits per heavy atom. The van der Waals surface area contributed by atoms with Crippen molar-refractivity contribution in [2.45, 2.75) is 52.2 Å². The molecule has 1 unspecified atom stereocenters. The number of aromatic nitrogens is 2. The smallest absolute Gasteiger partial charge is 0.213 e. The van der Waals surface area contributed by atoms with E-state index in [1.54, 1.807) is 7.05 Å². The maximum atomic E-state index is 12.1. The van der Waals surface area contributed by atoms with Crippen LogP contribution in [0.25, 0.3) is 0 Å². The van der Waals surface area contributed by atoms with Crippen molar-refractivity contribution in [3.05, 3.63) is 17.5 Å². The average Bonchev–Trinajstić information content (AvgIpc) is 3.00. The molecule has 1 saturated heterocycles. The van der Waals surface area contributed by atoms with Crippen molar-refractivity contribution in [3.63, 3.8) is 0 Å². The molecule has 0 spiro atoms. The van der Waals surface area contributed by atoms with Gasteiger partial charge in [-0.3, -0.25) is 9.67 Å². The molecule has 0 radical (unpaired) electrons. The Bertz CT molecular complexity index is 732. The van der Waals surface area contributed by atoms with Crippen molar-refractivity contribution in [2.24, 2.45) is 4.99 Å². The second kappa shape index (κ2) is 13.4. The Morgan fingerprint density at radius 2 is 2.07 bits per heavy atom. The highest BCUT2D eigenvalue weighted by Crippen LogP contribution is 2.11. The van der Waals surface area contributed by atoms with Gasteiger partial charge in [0, 0.05) is 45.5 Å². The molecular weight excluding hydrogens is 507 g/mol. The largest absolute Gasteiger partial charge is 0.377 e. The molecule has 3 N–H and O–H groups in total. The summed E-state index contributed by atoms with van der Waals surface area (Å²) in [7, 11) is -1.67. The predicted molar refractivity (Wildman–Crippen MR) is 126 cm³/mol. The summed E-state index contributed by atoms with van der Waals surface area (Å²) in [6.45, 7) is 6.93. The van der Waals surface area contributed by atoms with Crippen LogP contribution in [0.3, 0.4) is 0 Å². The first-order valence-electron chi connectivity index (χ1n) is 9.94. The first-order valence-corrected chi connectivity index (χ1v) is 11.6. The molecule has 1 aliphatic rings. The number of nitrogens with one attached hydrogen (secondary N) is 3. The molecule has 0 aromatic carbocycles. The lowest BCUT2D eigenvalue weighted by atomic mass is 10.1. The molecule has 11 heteroatoms. The van der Waals surface area contributed by atoms with E-state index in [1.807, 2.05) is 18.5 Å². The number of ether oxygens (including phenoxy) is 1. The van der Waals surface area contributed by atoms with Crippen LogP contribution in [0.2, 0.25) is 0 Å². The van der Waals surface area contributed by atoms with Gasteiger partial charge in [0.2, 0.25) is 10.0 Å². The van der Waals surface area contributed by atoms with Gasteiger partial charge in [-0.25, -0.2) is 13.1 Å². The first kappa shape index (κ1) is 26.1. The van der Waals surface area contributed by atoms with Gasteiger partial charge < -0.3 is 15.4 Å². The van der Waals surface area contributed by atoms with Gasteiger partial charge >= 0.3 is 0 Å². The summed E-state index contributed by atoms with van der Waals surface area (Å²) in [5, 5.41) is 10.7. The van der Waals surface area contributed by atoms with E-state index in [2.05, 4.69) is 31.5 Å². The zero-order chi connectivity index (χ0) is 20.4. The molecule has 9 nitrogen and oxygen atoms in total. The lowest BCUT2D eigenvalue weighted by Gasteiger charge is -2.22. The molecule has 2 rings (SSSR count). The van der Waals surface area contributed by atoms with Crippen LogP contribution >= 0.6 is 24.0 Å². The van der Waals surface area contributed by atoms with Crippen molar-refractivity contribution >= 4 is 40.0 Å². The third kappa shape index (κ3) is 10.1. The zero-order valence-electron chi connectivity index (χ0n) is 17.6. The number of hydrogen-bond acceptors (Lipinski definition) is 5. The second-order valence-electron chi connectivity index (χ2n) is 7.09. The third-order valence-electron chi connectivity index (χ3n) is 4.63. The van der Waals surface area contributed by atoms with Crippen LogP contribution in [0.1, 0.15) is 37.1 Å². The minimum atomic E-state index is -3.34. The number of guanidine groups is 1. The predicted octanol–water partition coefficient (Wildman–Crippen LogP) is 1.16. The van der Waals surface area contributed by atoms with Gasteiger partial charge in [0.1, 0.15) is 0 Å². The molecule has 1 aliphatic heterocycles. The van der Waals surface area contributed by atoms with Crippen molar-refractivity contribution in [3.8, 4) is 0 Å². The monoisotopic (exact) mass is 542 g/mol. The quantitative estimate of drug-likeness (QED) is 0.177. The summed E-state index contributed by atoms with van der Waals surface area (Å²) in [6.07, 6.45) is 3.95. The summed E-state index contributed by atoms with van der Waals surface area (Å²) in [5.74, 6) is 0.589. The Kier molecular flexibility index (Phi) is 12.1. The maximum absolute atomic E-state index is 12.1. The normalized spacial score (nSPS) is 17.6. The van der Waals surface area contributed by atoms with Gasteiger partial charge in [0.25, 0.3) is 0 Å². The summed E-state index contributed by atoms with van der Waals surface area (Å²) >= 11 is 0. The van der Waals surface area contributed by atoms with Gasteiger partial charge in [0.05, 0.1) is 17.6 Å². The van der Waals surface area contributed by atoms with Crippen LogP contribution in [0.4, 0.5) is 0 Å². The molecule has 1 aromatic heterocycles. The lowest BCUT2D eigenvalue weighted by molar-refractivity contribution is 0.0200. The van der Waals surface area contributed by atoms with Gasteiger partial charge in [0.15, 0.2) is 5.96 Å². The molecule has 0 amide bonds. The van der Waals surface area contributed by atoms with E-state index in [4.69, 9.17) is 4.74 Å². The Balaban J connectivity index is 0.00000420. The van der Waals surface area contributed by atoms with E-state index < -0.39 is 10.0 Å². The number of aryl methyl sites for hydroxylation is 3. The lowest BCUT2D eigenvalue weighted by Crippen LogP contribution is -2.42. The second-order valence-corrected chi connectivity index (χ2v) is 9.01. The van der Waals surface area contributed by atoms with E-state index in [1.165, 1.54) is 0 Å². The van der Waals surface area contributed by atoms with Gasteiger partial charge in [-0.05, 0) is 45.6 Å². The number of nitrogens with zero attached hydrogens (tertiary/aromatic N) is 3. The Morgan fingerprint density at radius 1 is 1.31 bits per heavy atom. The van der Waals surface area contributed by atoms with Crippen molar-refractivity contribution in [2.75, 3.05) is 39.0 Å². The molecule has 1 fully saturated rings. The van der Waals surface area contributed by atoms with Crippen LogP contribution in [0.5, 0.6) is 0 Å². The highest BCUT2D eigenvalue weighted by molar-refractivity contribution is 14.0. The Hall–Kier alpha value is -0.920. The molecule has 0 saturated carbocycles. The fourth-order valence-electron chi connectivity index (χ4n) is 3.12. The molecule has 168 valence electrons. The summed E-state index contributed by atoms with van der Waals surface area (Å²) in [5.41, 5.74) is 2.17. The van der Waals surface area contributed by atoms with E-state index in [-0.39, 0.29) is 42.4 Å². The van der Waals surface area contributed by atoms with Gasteiger partial charge in [-0.2, -0.15) is 5.10 Å². The highest BCUT2D eigenvalue weighted by atomic mass is 127. The fraction of sp³-hybridized carbons (Fsp3) is 0.778. The summed E-state index contributed by atoms with van der Waals surface area (Å²) in [6, 6.07) is 2.06. The van der Waals surface area contributed by atoms with Crippen molar-refractivity contribution < 1.29 is 13.2 Å². The standard InChI is InChI=1S/C18H34N6O3S.HI/c1-15-13-16(2)24(23-15)10-6-8-20-18(19-3)21-9-12-28(25,26)22-14-17-7-4-5-11-27-17;/h13,17,22H,4-12,14H2,1-3H3,(H2,19,20,21);1H. The Labute approximate surface area is 191 Å². The van der Waals surface area contributed by atoms with E-state index in [9.17, 15) is 8.42 Å². The highest BCUT2D eigenvalue weighted by Gasteiger charge is 2.17. The van der Waals surface area contributed by atoms with Crippen LogP contribution in [0, 0.1) is 13.8 Å². The maximum Gasteiger partial charge on any atom is 0.213 e. The van der Waals surface area contributed by atoms with E-state index >= 15 is 0 Å². The van der Waals surface area contributed by atoms with E-state index in [0.29, 0.717) is 12.5 Å². The molecule has 2 heterocycles. The minimum Gasteiger partial charge on any atom is -0.377 e. The number of aliphatic imine (C=N–C) groups is 1. The number of hydrogen-bond donors (Lipinski definition) is 3. The SMILES string of the molecule is CN=C(NCCCn1nc(C)cc1C)NCCS(=O)(=O)NCC1CCCCO1.I. The zero-order valence-corrected chi connectivity index (χ0v) is 20.8. The molecule has 1 aromatic rings. The van der Waals surface area contributed by atoms with Gasteiger partial charge in [-0.15, -0.1) is 24.0 Å². The molecule has 0 aliphatic carbocycles. The molecule has 29 heavy (non-hydrogen) atoms. The number of halogens is 1. The summed E-state index contributed by atoms with van der Waals surface area (Å²) in [4.78, 5) is 4.13. The van der Waals surface area contributed by atoms with Crippen molar-refractivity contribution in [1.29, 1.82) is 0 Å². The van der Waals surface area contributed by atoms with Gasteiger partial charge in [-0.1, -0.05) is 0 Å². The van der Waals surface area contributed by atoms with Crippen molar-refractivity contribution in [1.82, 2.24) is 25.1 Å².